The molecule has 0 saturated carbocycles. The Morgan fingerprint density at radius 1 is 1.64 bits per heavy atom. The second-order valence-electron chi connectivity index (χ2n) is 2.27. The zero-order chi connectivity index (χ0) is 10.9. The van der Waals surface area contributed by atoms with Crippen LogP contribution in [0, 0.1) is 3.57 Å². The molecule has 2 nitrogen and oxygen atoms in total. The van der Waals surface area contributed by atoms with Gasteiger partial charge in [-0.25, -0.2) is 13.8 Å². The Morgan fingerprint density at radius 3 is 2.64 bits per heavy atom. The number of pyridine rings is 1. The molecule has 76 valence electrons. The summed E-state index contributed by atoms with van der Waals surface area (Å²) in [4.78, 5) is 14.5. The summed E-state index contributed by atoms with van der Waals surface area (Å²) in [6.07, 6.45) is -1.66. The predicted octanol–water partition coefficient (Wildman–Crippen LogP) is 3.77. The van der Waals surface area contributed by atoms with Gasteiger partial charge in [0, 0.05) is 9.77 Å². The molecule has 0 saturated heterocycles. The van der Waals surface area contributed by atoms with Crippen LogP contribution in [0.15, 0.2) is 10.8 Å². The summed E-state index contributed by atoms with van der Waals surface area (Å²) in [5.74, 6) is 0. The van der Waals surface area contributed by atoms with E-state index in [2.05, 4.69) is 20.9 Å². The minimum Gasteiger partial charge on any atom is -0.275 e. The fourth-order valence-electron chi connectivity index (χ4n) is 0.802. The lowest BCUT2D eigenvalue weighted by atomic mass is 10.2. The largest absolute Gasteiger partial charge is 0.275 e. The summed E-state index contributed by atoms with van der Waals surface area (Å²) in [5.41, 5.74) is -0.317. The first-order valence-electron chi connectivity index (χ1n) is 3.27. The molecule has 0 radical (unpaired) electrons. The maximum atomic E-state index is 12.4. The van der Waals surface area contributed by atoms with Crippen LogP contribution in [0.3, 0.4) is 0 Å². The maximum absolute atomic E-state index is 12.4. The smallest absolute Gasteiger partial charge is 0.266 e. The molecule has 7 heteroatoms. The van der Waals surface area contributed by atoms with Crippen molar-refractivity contribution in [1.29, 1.82) is 0 Å². The van der Waals surface area contributed by atoms with Gasteiger partial charge >= 0.3 is 0 Å². The normalized spacial score (nSPS) is 10.7. The average molecular weight is 396 g/mol. The van der Waals surface area contributed by atoms with E-state index in [1.807, 2.05) is 0 Å². The Labute approximate surface area is 105 Å². The van der Waals surface area contributed by atoms with E-state index in [4.69, 9.17) is 11.6 Å². The topological polar surface area (TPSA) is 30.0 Å². The highest BCUT2D eigenvalue weighted by molar-refractivity contribution is 14.1. The van der Waals surface area contributed by atoms with Gasteiger partial charge in [0.05, 0.1) is 11.1 Å². The molecular formula is C7H2BrClF2INO. The Kier molecular flexibility index (Phi) is 4.20. The van der Waals surface area contributed by atoms with E-state index in [0.29, 0.717) is 0 Å². The number of halogens is 5. The summed E-state index contributed by atoms with van der Waals surface area (Å²) in [5, 5.41) is -0.809. The lowest BCUT2D eigenvalue weighted by molar-refractivity contribution is 0.107. The van der Waals surface area contributed by atoms with E-state index in [-0.39, 0.29) is 19.3 Å². The molecule has 0 atom stereocenters. The van der Waals surface area contributed by atoms with Gasteiger partial charge in [0.1, 0.15) is 4.60 Å². The molecule has 0 bridgehead atoms. The van der Waals surface area contributed by atoms with Crippen LogP contribution in [-0.2, 0) is 0 Å². The Bertz CT molecular complexity index is 388. The summed E-state index contributed by atoms with van der Waals surface area (Å²) in [6, 6.07) is 0. The Balaban J connectivity index is 3.41. The quantitative estimate of drug-likeness (QED) is 0.433. The van der Waals surface area contributed by atoms with E-state index < -0.39 is 11.7 Å². The first-order valence-corrected chi connectivity index (χ1v) is 5.52. The number of aromatic nitrogens is 1. The fraction of sp³-hybridized carbons (Fsp3) is 0.143. The van der Waals surface area contributed by atoms with Gasteiger partial charge in [-0.3, -0.25) is 4.79 Å². The number of carbonyl (C=O) groups is 1. The van der Waals surface area contributed by atoms with Crippen molar-refractivity contribution < 1.29 is 13.6 Å². The maximum Gasteiger partial charge on any atom is 0.266 e. The van der Waals surface area contributed by atoms with Crippen molar-refractivity contribution in [3.8, 4) is 0 Å². The van der Waals surface area contributed by atoms with Gasteiger partial charge in [-0.15, -0.1) is 0 Å². The number of rotatable bonds is 2. The lowest BCUT2D eigenvalue weighted by Gasteiger charge is -2.06. The third kappa shape index (κ3) is 2.40. The minimum atomic E-state index is -2.67. The van der Waals surface area contributed by atoms with Crippen LogP contribution in [0.2, 0.25) is 0 Å². The molecule has 0 aliphatic heterocycles. The molecule has 14 heavy (non-hydrogen) atoms. The molecule has 0 unspecified atom stereocenters. The summed E-state index contributed by atoms with van der Waals surface area (Å²) in [6.45, 7) is 0. The highest BCUT2D eigenvalue weighted by atomic mass is 127. The van der Waals surface area contributed by atoms with Crippen molar-refractivity contribution in [2.24, 2.45) is 0 Å². The van der Waals surface area contributed by atoms with E-state index in [1.165, 1.54) is 0 Å². The molecule has 1 heterocycles. The molecule has 0 spiro atoms. The fourth-order valence-corrected chi connectivity index (χ4v) is 2.99. The average Bonchev–Trinajstić information content (AvgIpc) is 2.02. The third-order valence-corrected chi connectivity index (χ3v) is 3.38. The molecule has 0 aromatic carbocycles. The van der Waals surface area contributed by atoms with Gasteiger partial charge in [-0.2, -0.15) is 0 Å². The van der Waals surface area contributed by atoms with Crippen molar-refractivity contribution in [3.05, 3.63) is 25.5 Å². The molecular weight excluding hydrogens is 394 g/mol. The molecule has 1 aromatic rings. The van der Waals surface area contributed by atoms with E-state index in [0.717, 1.165) is 6.20 Å². The molecule has 0 fully saturated rings. The van der Waals surface area contributed by atoms with Gasteiger partial charge in [0.15, 0.2) is 0 Å². The van der Waals surface area contributed by atoms with E-state index in [1.54, 1.807) is 22.6 Å². The van der Waals surface area contributed by atoms with Crippen LogP contribution in [0.4, 0.5) is 8.78 Å². The van der Waals surface area contributed by atoms with Crippen molar-refractivity contribution in [1.82, 2.24) is 4.98 Å². The highest BCUT2D eigenvalue weighted by Gasteiger charge is 2.20. The molecule has 1 rings (SSSR count). The second kappa shape index (κ2) is 4.80. The van der Waals surface area contributed by atoms with Crippen molar-refractivity contribution >= 4 is 55.4 Å². The molecule has 0 N–H and O–H groups in total. The van der Waals surface area contributed by atoms with Crippen molar-refractivity contribution in [2.75, 3.05) is 0 Å². The highest BCUT2D eigenvalue weighted by Crippen LogP contribution is 2.30. The van der Waals surface area contributed by atoms with Crippen molar-refractivity contribution in [2.45, 2.75) is 6.43 Å². The van der Waals surface area contributed by atoms with E-state index in [9.17, 15) is 13.6 Å². The predicted molar refractivity (Wildman–Crippen MR) is 59.8 cm³/mol. The van der Waals surface area contributed by atoms with Gasteiger partial charge in [-0.05, 0) is 50.1 Å². The third-order valence-electron chi connectivity index (χ3n) is 1.43. The van der Waals surface area contributed by atoms with Crippen LogP contribution in [-0.4, -0.2) is 10.2 Å². The number of carbonyl (C=O) groups excluding carboxylic acids is 1. The Morgan fingerprint density at radius 2 is 2.21 bits per heavy atom. The standard InChI is InChI=1S/C7H2BrClF2INO/c8-5-3(6(9)14)4(12)2(1-13-5)7(10)11/h1,7H. The van der Waals surface area contributed by atoms with Gasteiger partial charge in [-0.1, -0.05) is 0 Å². The second-order valence-corrected chi connectivity index (χ2v) is 4.44. The van der Waals surface area contributed by atoms with Crippen LogP contribution in [0.1, 0.15) is 22.3 Å². The van der Waals surface area contributed by atoms with Crippen LogP contribution >= 0.6 is 50.1 Å². The van der Waals surface area contributed by atoms with Crippen LogP contribution in [0.25, 0.3) is 0 Å². The van der Waals surface area contributed by atoms with Gasteiger partial charge in [0.2, 0.25) is 0 Å². The number of hydrogen-bond acceptors (Lipinski definition) is 2. The number of hydrogen-bond donors (Lipinski definition) is 0. The van der Waals surface area contributed by atoms with Gasteiger partial charge < -0.3 is 0 Å². The van der Waals surface area contributed by atoms with Crippen molar-refractivity contribution in [3.63, 3.8) is 0 Å². The number of nitrogens with zero attached hydrogens (tertiary/aromatic N) is 1. The van der Waals surface area contributed by atoms with Crippen LogP contribution < -0.4 is 0 Å². The van der Waals surface area contributed by atoms with Gasteiger partial charge in [0.25, 0.3) is 11.7 Å². The molecule has 1 aromatic heterocycles. The zero-order valence-electron chi connectivity index (χ0n) is 6.40. The first-order chi connectivity index (χ1) is 6.45. The zero-order valence-corrected chi connectivity index (χ0v) is 10.9. The van der Waals surface area contributed by atoms with Crippen LogP contribution in [0.5, 0.6) is 0 Å². The van der Waals surface area contributed by atoms with E-state index >= 15 is 0 Å². The Hall–Kier alpha value is 0.180. The molecule has 0 aliphatic carbocycles. The number of alkyl halides is 2. The summed E-state index contributed by atoms with van der Waals surface area (Å²) in [7, 11) is 0. The molecule has 0 amide bonds. The minimum absolute atomic E-state index is 0.0231. The SMILES string of the molecule is O=C(Cl)c1c(Br)ncc(C(F)F)c1I. The lowest BCUT2D eigenvalue weighted by Crippen LogP contribution is -2.02. The monoisotopic (exact) mass is 395 g/mol. The molecule has 0 aliphatic rings. The summed E-state index contributed by atoms with van der Waals surface area (Å²) < 4.78 is 25.1. The summed E-state index contributed by atoms with van der Waals surface area (Å²) >= 11 is 9.84. The first kappa shape index (κ1) is 12.3.